The van der Waals surface area contributed by atoms with Crippen LogP contribution in [0.1, 0.15) is 76.8 Å². The van der Waals surface area contributed by atoms with E-state index in [2.05, 4.69) is 0 Å². The number of aliphatic hydroxyl groups is 1. The van der Waals surface area contributed by atoms with Crippen LogP contribution in [0.5, 0.6) is 0 Å². The highest BCUT2D eigenvalue weighted by atomic mass is 19.2. The third-order valence-electron chi connectivity index (χ3n) is 5.41. The predicted octanol–water partition coefficient (Wildman–Crippen LogP) is 6.19. The number of hydrogen-bond donors (Lipinski definition) is 1. The molecule has 0 bridgehead atoms. The largest absolute Gasteiger partial charge is 0.390 e. The molecule has 1 aliphatic carbocycles. The summed E-state index contributed by atoms with van der Waals surface area (Å²) in [5, 5.41) is 10.4. The van der Waals surface area contributed by atoms with Crippen molar-refractivity contribution in [2.75, 3.05) is 0 Å². The van der Waals surface area contributed by atoms with Crippen LogP contribution in [0, 0.1) is 29.2 Å². The van der Waals surface area contributed by atoms with Gasteiger partial charge in [-0.05, 0) is 52.4 Å². The molecule has 1 aliphatic rings. The molecule has 2 atom stereocenters. The minimum Gasteiger partial charge on any atom is -0.390 e. The van der Waals surface area contributed by atoms with Gasteiger partial charge in [-0.25, -0.2) is 17.6 Å². The number of rotatable bonds is 6. The van der Waals surface area contributed by atoms with E-state index in [1.165, 1.54) is 0 Å². The molecule has 0 heterocycles. The van der Waals surface area contributed by atoms with E-state index < -0.39 is 51.8 Å². The standard InChI is InChI=1S/C21H28F4O/c1-5-6-7-8-13-17(22)19(24)16(20(25)18(13)23)14-11-12(2)9-10-15(14)21(3,4)26/h11,14-15,26H,5-10H2,1-4H3. The van der Waals surface area contributed by atoms with E-state index >= 15 is 0 Å². The summed E-state index contributed by atoms with van der Waals surface area (Å²) in [6, 6.07) is 0. The highest BCUT2D eigenvalue weighted by molar-refractivity contribution is 5.37. The molecule has 0 spiro atoms. The highest BCUT2D eigenvalue weighted by Crippen LogP contribution is 2.44. The van der Waals surface area contributed by atoms with E-state index in [-0.39, 0.29) is 6.42 Å². The second-order valence-corrected chi connectivity index (χ2v) is 7.94. The van der Waals surface area contributed by atoms with Gasteiger partial charge in [0.25, 0.3) is 0 Å². The summed E-state index contributed by atoms with van der Waals surface area (Å²) in [5.74, 6) is -6.71. The maximum Gasteiger partial charge on any atom is 0.166 e. The van der Waals surface area contributed by atoms with E-state index in [4.69, 9.17) is 0 Å². The van der Waals surface area contributed by atoms with Gasteiger partial charge in [0, 0.05) is 17.0 Å². The third-order valence-corrected chi connectivity index (χ3v) is 5.41. The SMILES string of the molecule is CCCCCc1c(F)c(F)c(C2C=C(C)CCC2C(C)(C)O)c(F)c1F. The Kier molecular flexibility index (Phi) is 6.54. The molecule has 0 aromatic heterocycles. The summed E-state index contributed by atoms with van der Waals surface area (Å²) < 4.78 is 58.7. The van der Waals surface area contributed by atoms with E-state index in [1.807, 2.05) is 13.8 Å². The molecule has 0 aliphatic heterocycles. The number of hydrogen-bond acceptors (Lipinski definition) is 1. The number of unbranched alkanes of at least 4 members (excludes halogenated alkanes) is 2. The van der Waals surface area contributed by atoms with Crippen LogP contribution in [0.15, 0.2) is 11.6 Å². The van der Waals surface area contributed by atoms with Gasteiger partial charge in [0.1, 0.15) is 0 Å². The summed E-state index contributed by atoms with van der Waals surface area (Å²) in [6.45, 7) is 6.86. The molecular formula is C21H28F4O. The molecular weight excluding hydrogens is 344 g/mol. The molecule has 0 saturated carbocycles. The fraction of sp³-hybridized carbons (Fsp3) is 0.619. The smallest absolute Gasteiger partial charge is 0.166 e. The lowest BCUT2D eigenvalue weighted by atomic mass is 9.69. The van der Waals surface area contributed by atoms with Crippen molar-refractivity contribution in [2.24, 2.45) is 5.92 Å². The monoisotopic (exact) mass is 372 g/mol. The molecule has 2 unspecified atom stereocenters. The minimum absolute atomic E-state index is 0.0336. The van der Waals surface area contributed by atoms with Crippen LogP contribution in [-0.2, 0) is 6.42 Å². The van der Waals surface area contributed by atoms with Crippen molar-refractivity contribution in [1.82, 2.24) is 0 Å². The number of allylic oxidation sites excluding steroid dienone is 2. The highest BCUT2D eigenvalue weighted by Gasteiger charge is 2.40. The maximum absolute atomic E-state index is 14.8. The first-order valence-corrected chi connectivity index (χ1v) is 9.33. The van der Waals surface area contributed by atoms with Crippen molar-refractivity contribution >= 4 is 0 Å². The van der Waals surface area contributed by atoms with Gasteiger partial charge in [0.05, 0.1) is 5.60 Å². The molecule has 0 fully saturated rings. The Morgan fingerprint density at radius 3 is 2.12 bits per heavy atom. The first kappa shape index (κ1) is 20.9. The average molecular weight is 372 g/mol. The Balaban J connectivity index is 2.56. The van der Waals surface area contributed by atoms with Gasteiger partial charge in [-0.3, -0.25) is 0 Å². The van der Waals surface area contributed by atoms with Crippen LogP contribution in [0.2, 0.25) is 0 Å². The maximum atomic E-state index is 14.8. The Hall–Kier alpha value is -1.36. The zero-order valence-electron chi connectivity index (χ0n) is 15.9. The normalized spacial score (nSPS) is 21.0. The number of benzene rings is 1. The zero-order valence-corrected chi connectivity index (χ0v) is 15.9. The lowest BCUT2D eigenvalue weighted by Gasteiger charge is -2.38. The fourth-order valence-electron chi connectivity index (χ4n) is 3.90. The van der Waals surface area contributed by atoms with E-state index in [0.29, 0.717) is 19.3 Å². The van der Waals surface area contributed by atoms with Crippen LogP contribution in [0.4, 0.5) is 17.6 Å². The van der Waals surface area contributed by atoms with Crippen molar-refractivity contribution in [1.29, 1.82) is 0 Å². The molecule has 1 N–H and O–H groups in total. The minimum atomic E-state index is -1.33. The van der Waals surface area contributed by atoms with Crippen LogP contribution < -0.4 is 0 Å². The summed E-state index contributed by atoms with van der Waals surface area (Å²) in [4.78, 5) is 0. The third kappa shape index (κ3) is 4.13. The molecule has 0 saturated heterocycles. The average Bonchev–Trinajstić information content (AvgIpc) is 2.55. The second kappa shape index (κ2) is 8.12. The van der Waals surface area contributed by atoms with E-state index in [9.17, 15) is 22.7 Å². The quantitative estimate of drug-likeness (QED) is 0.273. The topological polar surface area (TPSA) is 20.2 Å². The summed E-state index contributed by atoms with van der Waals surface area (Å²) in [6.07, 6.45) is 4.81. The van der Waals surface area contributed by atoms with Gasteiger partial charge in [-0.2, -0.15) is 0 Å². The van der Waals surface area contributed by atoms with Crippen molar-refractivity contribution in [3.05, 3.63) is 46.0 Å². The molecule has 26 heavy (non-hydrogen) atoms. The first-order chi connectivity index (χ1) is 12.1. The van der Waals surface area contributed by atoms with Crippen LogP contribution in [0.25, 0.3) is 0 Å². The van der Waals surface area contributed by atoms with Gasteiger partial charge in [-0.15, -0.1) is 0 Å². The van der Waals surface area contributed by atoms with E-state index in [0.717, 1.165) is 18.4 Å². The Labute approximate surface area is 153 Å². The molecule has 2 rings (SSSR count). The van der Waals surface area contributed by atoms with Crippen molar-refractivity contribution in [3.8, 4) is 0 Å². The summed E-state index contributed by atoms with van der Waals surface area (Å²) >= 11 is 0. The lowest BCUT2D eigenvalue weighted by molar-refractivity contribution is 0.00367. The Morgan fingerprint density at radius 1 is 1.04 bits per heavy atom. The van der Waals surface area contributed by atoms with Gasteiger partial charge in [-0.1, -0.05) is 31.4 Å². The molecule has 1 nitrogen and oxygen atoms in total. The Bertz CT molecular complexity index is 659. The van der Waals surface area contributed by atoms with E-state index in [1.54, 1.807) is 19.9 Å². The van der Waals surface area contributed by atoms with Crippen LogP contribution in [0.3, 0.4) is 0 Å². The fourth-order valence-corrected chi connectivity index (χ4v) is 3.90. The van der Waals surface area contributed by atoms with Gasteiger partial charge in [0.2, 0.25) is 0 Å². The molecule has 1 aromatic carbocycles. The van der Waals surface area contributed by atoms with Crippen LogP contribution >= 0.6 is 0 Å². The zero-order chi connectivity index (χ0) is 19.6. The molecule has 146 valence electrons. The van der Waals surface area contributed by atoms with Crippen molar-refractivity contribution in [3.63, 3.8) is 0 Å². The first-order valence-electron chi connectivity index (χ1n) is 9.33. The molecule has 1 aromatic rings. The summed E-state index contributed by atoms with van der Waals surface area (Å²) in [5.41, 5.74) is -1.46. The molecule has 0 radical (unpaired) electrons. The van der Waals surface area contributed by atoms with Gasteiger partial charge >= 0.3 is 0 Å². The lowest BCUT2D eigenvalue weighted by Crippen LogP contribution is -2.37. The van der Waals surface area contributed by atoms with Crippen molar-refractivity contribution < 1.29 is 22.7 Å². The Morgan fingerprint density at radius 2 is 1.62 bits per heavy atom. The van der Waals surface area contributed by atoms with Crippen molar-refractivity contribution in [2.45, 2.75) is 77.7 Å². The predicted molar refractivity (Wildman–Crippen MR) is 95.0 cm³/mol. The molecule has 0 amide bonds. The number of halogens is 4. The van der Waals surface area contributed by atoms with Gasteiger partial charge < -0.3 is 5.11 Å². The van der Waals surface area contributed by atoms with Crippen LogP contribution in [-0.4, -0.2) is 10.7 Å². The second-order valence-electron chi connectivity index (χ2n) is 7.94. The molecule has 5 heteroatoms. The summed E-state index contributed by atoms with van der Waals surface area (Å²) in [7, 11) is 0. The van der Waals surface area contributed by atoms with Gasteiger partial charge in [0.15, 0.2) is 23.3 Å².